The summed E-state index contributed by atoms with van der Waals surface area (Å²) in [6.07, 6.45) is 11.1. The third kappa shape index (κ3) is 8.00. The van der Waals surface area contributed by atoms with Gasteiger partial charge < -0.3 is 29.2 Å². The topological polar surface area (TPSA) is 115 Å². The van der Waals surface area contributed by atoms with Crippen molar-refractivity contribution in [3.8, 4) is 17.2 Å². The number of nitrogens with one attached hydrogen (secondary N) is 1. The van der Waals surface area contributed by atoms with Gasteiger partial charge in [-0.15, -0.1) is 0 Å². The number of aromatic nitrogens is 2. The van der Waals surface area contributed by atoms with Crippen molar-refractivity contribution in [1.82, 2.24) is 14.5 Å². The Hall–Kier alpha value is -4.54. The summed E-state index contributed by atoms with van der Waals surface area (Å²) in [6, 6.07) is 17.2. The quantitative estimate of drug-likeness (QED) is 0.147. The maximum atomic E-state index is 13.1. The van der Waals surface area contributed by atoms with E-state index in [0.29, 0.717) is 56.0 Å². The molecule has 0 radical (unpaired) electrons. The highest BCUT2D eigenvalue weighted by atomic mass is 35.5. The molecule has 4 aromatic rings. The first-order chi connectivity index (χ1) is 27.4. The van der Waals surface area contributed by atoms with E-state index in [1.54, 1.807) is 29.8 Å². The summed E-state index contributed by atoms with van der Waals surface area (Å²) >= 11 is 6.32. The molecule has 0 bridgehead atoms. The lowest BCUT2D eigenvalue weighted by Crippen LogP contribution is -2.53. The van der Waals surface area contributed by atoms with Crippen LogP contribution in [0.1, 0.15) is 92.7 Å². The Morgan fingerprint density at radius 2 is 1.96 bits per heavy atom. The number of carboxylic acids is 1. The number of carbonyl (C=O) groups is 1. The molecule has 1 aliphatic heterocycles. The van der Waals surface area contributed by atoms with Crippen molar-refractivity contribution < 1.29 is 24.1 Å². The zero-order valence-corrected chi connectivity index (χ0v) is 34.3. The van der Waals surface area contributed by atoms with Crippen molar-refractivity contribution in [2.45, 2.75) is 101 Å². The van der Waals surface area contributed by atoms with Crippen LogP contribution in [-0.4, -0.2) is 64.0 Å². The smallest absolute Gasteiger partial charge is 0.329 e. The molecule has 4 atom stereocenters. The summed E-state index contributed by atoms with van der Waals surface area (Å²) < 4.78 is 21.3. The number of carboxylic acid groups (broad SMARTS) is 1. The van der Waals surface area contributed by atoms with Crippen LogP contribution in [0.5, 0.6) is 17.2 Å². The predicted octanol–water partition coefficient (Wildman–Crippen LogP) is 8.17. The van der Waals surface area contributed by atoms with Crippen LogP contribution < -0.4 is 25.1 Å². The van der Waals surface area contributed by atoms with Crippen molar-refractivity contribution in [3.63, 3.8) is 0 Å². The molecule has 0 amide bonds. The van der Waals surface area contributed by atoms with E-state index in [4.69, 9.17) is 25.8 Å². The van der Waals surface area contributed by atoms with E-state index in [-0.39, 0.29) is 23.0 Å². The van der Waals surface area contributed by atoms with Gasteiger partial charge in [0.1, 0.15) is 24.0 Å². The van der Waals surface area contributed by atoms with Crippen LogP contribution in [0.4, 0.5) is 5.69 Å². The number of anilines is 1. The first-order valence-electron chi connectivity index (χ1n) is 20.6. The van der Waals surface area contributed by atoms with Gasteiger partial charge in [-0.1, -0.05) is 37.6 Å². The Labute approximate surface area is 340 Å². The van der Waals surface area contributed by atoms with Crippen molar-refractivity contribution in [3.05, 3.63) is 110 Å². The van der Waals surface area contributed by atoms with Crippen LogP contribution in [0.25, 0.3) is 0 Å². The number of aryl methyl sites for hydroxylation is 2. The number of ether oxygens (including phenoxy) is 3. The number of pyridine rings is 2. The van der Waals surface area contributed by atoms with Gasteiger partial charge in [-0.2, -0.15) is 0 Å². The fourth-order valence-electron chi connectivity index (χ4n) is 10.3. The molecule has 4 aliphatic rings. The number of fused-ring (bicyclic) bond motifs is 4. The number of likely N-dealkylation sites (N-methyl/N-ethyl adjacent to an activating group) is 1. The maximum absolute atomic E-state index is 13.1. The van der Waals surface area contributed by atoms with Crippen molar-refractivity contribution in [2.75, 3.05) is 32.1 Å². The lowest BCUT2D eigenvalue weighted by molar-refractivity contribution is -0.144. The molecule has 2 aromatic heterocycles. The first kappa shape index (κ1) is 39.3. The fraction of sp³-hybridized carbons (Fsp3) is 0.500. The molecule has 11 heteroatoms. The minimum atomic E-state index is -1.11. The first-order valence-corrected chi connectivity index (χ1v) is 21.0. The van der Waals surface area contributed by atoms with Crippen molar-refractivity contribution >= 4 is 23.3 Å². The number of aliphatic carboxylic acids is 1. The fourth-order valence-corrected chi connectivity index (χ4v) is 10.5. The number of hydrogen-bond acceptors (Lipinski definition) is 8. The summed E-state index contributed by atoms with van der Waals surface area (Å²) in [5.74, 6) is 2.66. The molecule has 1 saturated carbocycles. The maximum Gasteiger partial charge on any atom is 0.329 e. The zero-order valence-electron chi connectivity index (χ0n) is 33.6. The molecule has 302 valence electrons. The number of hydrogen-bond donors (Lipinski definition) is 2. The lowest BCUT2D eigenvalue weighted by Gasteiger charge is -2.47. The average Bonchev–Trinajstić information content (AvgIpc) is 3.45. The molecule has 57 heavy (non-hydrogen) atoms. The SMILES string of the molecule is C[C@@H](COc1ccnc2c1[C@H](C)CCC2)C[C@H]1Cc2cc3c(cc2C12CCC(Nc1cccc(Cl)c1)(C(=O)O)CC2)O[C@H](CN(C)Cc1ccc(=O)n(C)c1)CO3. The van der Waals surface area contributed by atoms with E-state index in [9.17, 15) is 14.7 Å². The minimum absolute atomic E-state index is 0.0285. The molecule has 0 saturated heterocycles. The second kappa shape index (κ2) is 16.0. The van der Waals surface area contributed by atoms with Crippen LogP contribution in [0.2, 0.25) is 5.02 Å². The van der Waals surface area contributed by atoms with Crippen LogP contribution in [0.15, 0.2) is 71.8 Å². The van der Waals surface area contributed by atoms with E-state index in [0.717, 1.165) is 67.0 Å². The lowest BCUT2D eigenvalue weighted by atomic mass is 9.59. The number of rotatable bonds is 12. The van der Waals surface area contributed by atoms with Gasteiger partial charge in [0, 0.05) is 60.6 Å². The highest BCUT2D eigenvalue weighted by Crippen LogP contribution is 2.58. The highest BCUT2D eigenvalue weighted by Gasteiger charge is 2.54. The molecule has 3 heterocycles. The van der Waals surface area contributed by atoms with Gasteiger partial charge >= 0.3 is 5.97 Å². The summed E-state index contributed by atoms with van der Waals surface area (Å²) in [5.41, 5.74) is 5.38. The van der Waals surface area contributed by atoms with Crippen LogP contribution in [0, 0.1) is 11.8 Å². The number of nitrogens with zero attached hydrogens (tertiary/aromatic N) is 3. The molecular formula is C46H55ClN4O6. The summed E-state index contributed by atoms with van der Waals surface area (Å²) in [5, 5.41) is 14.7. The van der Waals surface area contributed by atoms with Crippen LogP contribution in [-0.2, 0) is 36.6 Å². The van der Waals surface area contributed by atoms with Gasteiger partial charge in [-0.25, -0.2) is 4.79 Å². The summed E-state index contributed by atoms with van der Waals surface area (Å²) in [7, 11) is 3.82. The van der Waals surface area contributed by atoms with E-state index in [2.05, 4.69) is 48.2 Å². The minimum Gasteiger partial charge on any atom is -0.493 e. The van der Waals surface area contributed by atoms with Gasteiger partial charge in [0.15, 0.2) is 11.5 Å². The molecule has 2 aromatic carbocycles. The standard InChI is InChI=1S/C46H55ClN4O6/c1-29(27-55-39-13-18-48-38-10-5-7-30(2)43(38)39)19-33-20-32-21-40-41(57-36(28-56-40)26-50(3)24-31-11-12-42(52)51(4)25-31)23-37(32)45(33)14-16-46(17-15-45,44(53)54)49-35-9-6-8-34(47)22-35/h6,8-9,11-13,18,21-23,25,29-30,33,36,49H,5,7,10,14-17,19-20,24,26-28H2,1-4H3,(H,53,54)/t29-,30-,33+,36-,45?,46?/m1/s1. The molecule has 2 N–H and O–H groups in total. The van der Waals surface area contributed by atoms with Gasteiger partial charge in [0.25, 0.3) is 0 Å². The van der Waals surface area contributed by atoms with E-state index in [1.165, 1.54) is 28.8 Å². The van der Waals surface area contributed by atoms with E-state index in [1.807, 2.05) is 36.7 Å². The van der Waals surface area contributed by atoms with Crippen molar-refractivity contribution in [2.24, 2.45) is 18.9 Å². The molecule has 8 rings (SSSR count). The van der Waals surface area contributed by atoms with E-state index >= 15 is 0 Å². The third-order valence-corrected chi connectivity index (χ3v) is 13.4. The normalized spacial score (nSPS) is 25.5. The second-order valence-corrected chi connectivity index (χ2v) is 17.8. The molecule has 1 fully saturated rings. The van der Waals surface area contributed by atoms with Gasteiger partial charge in [0.05, 0.1) is 6.61 Å². The molecule has 0 unspecified atom stereocenters. The molecule has 1 spiro atoms. The Morgan fingerprint density at radius 1 is 1.14 bits per heavy atom. The zero-order chi connectivity index (χ0) is 39.9. The largest absolute Gasteiger partial charge is 0.493 e. The van der Waals surface area contributed by atoms with Crippen molar-refractivity contribution in [1.29, 1.82) is 0 Å². The molecule has 10 nitrogen and oxygen atoms in total. The third-order valence-electron chi connectivity index (χ3n) is 13.2. The highest BCUT2D eigenvalue weighted by molar-refractivity contribution is 6.30. The van der Waals surface area contributed by atoms with Crippen LogP contribution in [0.3, 0.4) is 0 Å². The Bertz CT molecular complexity index is 2180. The summed E-state index contributed by atoms with van der Waals surface area (Å²) in [6.45, 7) is 6.95. The number of halogens is 1. The number of benzene rings is 2. The summed E-state index contributed by atoms with van der Waals surface area (Å²) in [4.78, 5) is 31.9. The van der Waals surface area contributed by atoms with Gasteiger partial charge in [0.2, 0.25) is 5.56 Å². The molecule has 3 aliphatic carbocycles. The average molecular weight is 795 g/mol. The predicted molar refractivity (Wildman–Crippen MR) is 222 cm³/mol. The van der Waals surface area contributed by atoms with Crippen LogP contribution >= 0.6 is 11.6 Å². The van der Waals surface area contributed by atoms with Gasteiger partial charge in [-0.3, -0.25) is 14.7 Å². The van der Waals surface area contributed by atoms with E-state index < -0.39 is 11.5 Å². The Kier molecular flexibility index (Phi) is 11.0. The monoisotopic (exact) mass is 794 g/mol. The Morgan fingerprint density at radius 3 is 2.74 bits per heavy atom. The second-order valence-electron chi connectivity index (χ2n) is 17.4. The van der Waals surface area contributed by atoms with Gasteiger partial charge in [-0.05, 0) is 141 Å². The molecular weight excluding hydrogens is 740 g/mol. The Balaban J connectivity index is 1.03.